The molecule has 0 aliphatic rings. The number of rotatable bonds is 6. The highest BCUT2D eigenvalue weighted by molar-refractivity contribution is 5.60. The van der Waals surface area contributed by atoms with Gasteiger partial charge in [0.25, 0.3) is 0 Å². The largest absolute Gasteiger partial charge is 0.363 e. The molecular formula is C21H24N4. The molecule has 1 aromatic heterocycles. The van der Waals surface area contributed by atoms with Crippen LogP contribution in [0.15, 0.2) is 66.9 Å². The second kappa shape index (κ2) is 7.79. The SMILES string of the molecule is CC(C)c1ccccc1Nc1nccc(NC(C)c2ccccc2)n1. The second-order valence-electron chi connectivity index (χ2n) is 6.41. The predicted octanol–water partition coefficient (Wildman–Crippen LogP) is 5.52. The molecule has 2 N–H and O–H groups in total. The maximum Gasteiger partial charge on any atom is 0.229 e. The Morgan fingerprint density at radius 3 is 2.32 bits per heavy atom. The second-order valence-corrected chi connectivity index (χ2v) is 6.41. The van der Waals surface area contributed by atoms with E-state index in [0.29, 0.717) is 11.9 Å². The lowest BCUT2D eigenvalue weighted by atomic mass is 10.0. The Balaban J connectivity index is 1.76. The highest BCUT2D eigenvalue weighted by Crippen LogP contribution is 2.26. The minimum Gasteiger partial charge on any atom is -0.363 e. The molecule has 3 rings (SSSR count). The van der Waals surface area contributed by atoms with Gasteiger partial charge in [0, 0.05) is 17.9 Å². The van der Waals surface area contributed by atoms with Crippen LogP contribution in [0.3, 0.4) is 0 Å². The van der Waals surface area contributed by atoms with Gasteiger partial charge in [0.05, 0.1) is 0 Å². The summed E-state index contributed by atoms with van der Waals surface area (Å²) in [4.78, 5) is 8.95. The summed E-state index contributed by atoms with van der Waals surface area (Å²) in [6.45, 7) is 6.49. The number of anilines is 3. The molecule has 2 aromatic carbocycles. The molecule has 25 heavy (non-hydrogen) atoms. The molecule has 0 saturated heterocycles. The summed E-state index contributed by atoms with van der Waals surface area (Å²) < 4.78 is 0. The zero-order valence-electron chi connectivity index (χ0n) is 14.9. The van der Waals surface area contributed by atoms with Crippen LogP contribution in [-0.2, 0) is 0 Å². The van der Waals surface area contributed by atoms with E-state index in [9.17, 15) is 0 Å². The molecule has 1 heterocycles. The van der Waals surface area contributed by atoms with Crippen LogP contribution in [0.25, 0.3) is 0 Å². The van der Waals surface area contributed by atoms with Gasteiger partial charge in [-0.25, -0.2) is 4.98 Å². The van der Waals surface area contributed by atoms with Gasteiger partial charge in [-0.3, -0.25) is 0 Å². The van der Waals surface area contributed by atoms with Gasteiger partial charge in [-0.05, 0) is 36.1 Å². The molecule has 0 amide bonds. The molecular weight excluding hydrogens is 308 g/mol. The normalized spacial score (nSPS) is 12.0. The number of aromatic nitrogens is 2. The van der Waals surface area contributed by atoms with Gasteiger partial charge < -0.3 is 10.6 Å². The van der Waals surface area contributed by atoms with Crippen molar-refractivity contribution in [3.8, 4) is 0 Å². The van der Waals surface area contributed by atoms with E-state index in [1.54, 1.807) is 6.20 Å². The van der Waals surface area contributed by atoms with E-state index >= 15 is 0 Å². The third kappa shape index (κ3) is 4.35. The molecule has 3 aromatic rings. The molecule has 0 aliphatic carbocycles. The standard InChI is InChI=1S/C21H24N4/c1-15(2)18-11-7-8-12-19(18)24-21-22-14-13-20(25-21)23-16(3)17-9-5-4-6-10-17/h4-16H,1-3H3,(H2,22,23,24,25). The molecule has 1 atom stereocenters. The van der Waals surface area contributed by atoms with Gasteiger partial charge in [-0.1, -0.05) is 62.4 Å². The molecule has 0 spiro atoms. The molecule has 1 unspecified atom stereocenters. The van der Waals surface area contributed by atoms with Crippen molar-refractivity contribution in [1.82, 2.24) is 9.97 Å². The van der Waals surface area contributed by atoms with Gasteiger partial charge in [0.2, 0.25) is 5.95 Å². The summed E-state index contributed by atoms with van der Waals surface area (Å²) in [6, 6.07) is 20.7. The molecule has 0 fully saturated rings. The Morgan fingerprint density at radius 2 is 1.56 bits per heavy atom. The monoisotopic (exact) mass is 332 g/mol. The van der Waals surface area contributed by atoms with Crippen LogP contribution in [0.5, 0.6) is 0 Å². The van der Waals surface area contributed by atoms with Crippen molar-refractivity contribution >= 4 is 17.5 Å². The van der Waals surface area contributed by atoms with Crippen LogP contribution in [0.2, 0.25) is 0 Å². The first-order chi connectivity index (χ1) is 12.1. The van der Waals surface area contributed by atoms with Gasteiger partial charge >= 0.3 is 0 Å². The average Bonchev–Trinajstić information content (AvgIpc) is 2.63. The molecule has 0 radical (unpaired) electrons. The van der Waals surface area contributed by atoms with Crippen LogP contribution in [0.1, 0.15) is 43.9 Å². The Labute approximate surface area is 149 Å². The van der Waals surface area contributed by atoms with Crippen LogP contribution in [0, 0.1) is 0 Å². The van der Waals surface area contributed by atoms with Crippen LogP contribution >= 0.6 is 0 Å². The summed E-state index contributed by atoms with van der Waals surface area (Å²) in [6.07, 6.45) is 1.77. The van der Waals surface area contributed by atoms with Crippen molar-refractivity contribution in [3.05, 3.63) is 78.0 Å². The number of hydrogen-bond donors (Lipinski definition) is 2. The van der Waals surface area contributed by atoms with E-state index in [2.05, 4.69) is 71.7 Å². The molecule has 0 aliphatic heterocycles. The predicted molar refractivity (Wildman–Crippen MR) is 104 cm³/mol. The summed E-state index contributed by atoms with van der Waals surface area (Å²) in [5.41, 5.74) is 3.52. The molecule has 4 heteroatoms. The number of nitrogens with zero attached hydrogens (tertiary/aromatic N) is 2. The van der Waals surface area contributed by atoms with Crippen molar-refractivity contribution in [3.63, 3.8) is 0 Å². The van der Waals surface area contributed by atoms with E-state index in [1.807, 2.05) is 30.3 Å². The van der Waals surface area contributed by atoms with Crippen molar-refractivity contribution in [2.45, 2.75) is 32.7 Å². The summed E-state index contributed by atoms with van der Waals surface area (Å²) in [7, 11) is 0. The fourth-order valence-corrected chi connectivity index (χ4v) is 2.78. The first-order valence-corrected chi connectivity index (χ1v) is 8.64. The fraction of sp³-hybridized carbons (Fsp3) is 0.238. The average molecular weight is 332 g/mol. The van der Waals surface area contributed by atoms with Crippen molar-refractivity contribution in [2.75, 3.05) is 10.6 Å². The quantitative estimate of drug-likeness (QED) is 0.624. The van der Waals surface area contributed by atoms with Gasteiger partial charge in [0.1, 0.15) is 5.82 Å². The highest BCUT2D eigenvalue weighted by Gasteiger charge is 2.09. The van der Waals surface area contributed by atoms with Gasteiger partial charge in [-0.2, -0.15) is 4.98 Å². The number of benzene rings is 2. The summed E-state index contributed by atoms with van der Waals surface area (Å²) in [5.74, 6) is 1.83. The maximum absolute atomic E-state index is 4.60. The summed E-state index contributed by atoms with van der Waals surface area (Å²) in [5, 5.41) is 6.78. The zero-order chi connectivity index (χ0) is 17.6. The Hall–Kier alpha value is -2.88. The number of hydrogen-bond acceptors (Lipinski definition) is 4. The Bertz CT molecular complexity index is 815. The molecule has 128 valence electrons. The number of para-hydroxylation sites is 1. The van der Waals surface area contributed by atoms with Crippen molar-refractivity contribution in [2.24, 2.45) is 0 Å². The summed E-state index contributed by atoms with van der Waals surface area (Å²) >= 11 is 0. The third-order valence-electron chi connectivity index (χ3n) is 4.15. The van der Waals surface area contributed by atoms with Crippen LogP contribution in [-0.4, -0.2) is 9.97 Å². The van der Waals surface area contributed by atoms with Crippen molar-refractivity contribution in [1.29, 1.82) is 0 Å². The third-order valence-corrected chi connectivity index (χ3v) is 4.15. The van der Waals surface area contributed by atoms with Crippen molar-refractivity contribution < 1.29 is 0 Å². The molecule has 0 bridgehead atoms. The smallest absolute Gasteiger partial charge is 0.229 e. The van der Waals surface area contributed by atoms with E-state index < -0.39 is 0 Å². The van der Waals surface area contributed by atoms with E-state index in [0.717, 1.165) is 11.5 Å². The van der Waals surface area contributed by atoms with Gasteiger partial charge in [0.15, 0.2) is 0 Å². The zero-order valence-corrected chi connectivity index (χ0v) is 14.9. The fourth-order valence-electron chi connectivity index (χ4n) is 2.78. The minimum absolute atomic E-state index is 0.173. The van der Waals surface area contributed by atoms with E-state index in [1.165, 1.54) is 11.1 Å². The van der Waals surface area contributed by atoms with E-state index in [-0.39, 0.29) is 6.04 Å². The first kappa shape index (κ1) is 17.0. The maximum atomic E-state index is 4.60. The molecule has 0 saturated carbocycles. The Morgan fingerprint density at radius 1 is 0.840 bits per heavy atom. The van der Waals surface area contributed by atoms with Crippen LogP contribution < -0.4 is 10.6 Å². The molecule has 4 nitrogen and oxygen atoms in total. The lowest BCUT2D eigenvalue weighted by Gasteiger charge is -2.16. The topological polar surface area (TPSA) is 49.8 Å². The lowest BCUT2D eigenvalue weighted by Crippen LogP contribution is -2.09. The first-order valence-electron chi connectivity index (χ1n) is 8.64. The van der Waals surface area contributed by atoms with Gasteiger partial charge in [-0.15, -0.1) is 0 Å². The lowest BCUT2D eigenvalue weighted by molar-refractivity contribution is 0.866. The van der Waals surface area contributed by atoms with E-state index in [4.69, 9.17) is 0 Å². The minimum atomic E-state index is 0.173. The Kier molecular flexibility index (Phi) is 5.29. The highest BCUT2D eigenvalue weighted by atomic mass is 15.1. The van der Waals surface area contributed by atoms with Crippen LogP contribution in [0.4, 0.5) is 17.5 Å². The number of nitrogens with one attached hydrogen (secondary N) is 2.